The number of carbonyl (C=O) groups excluding carboxylic acids is 3. The minimum atomic E-state index is -4.67. The number of aryl methyl sites for hydroxylation is 1. The Kier molecular flexibility index (Phi) is 8.34. The van der Waals surface area contributed by atoms with Crippen LogP contribution in [0.4, 0.5) is 13.2 Å². The molecule has 0 aliphatic carbocycles. The predicted octanol–water partition coefficient (Wildman–Crippen LogP) is 5.65. The number of phenols is 1. The molecule has 190 valence electrons. The van der Waals surface area contributed by atoms with Crippen LogP contribution in [-0.4, -0.2) is 58.3 Å². The fourth-order valence-electron chi connectivity index (χ4n) is 3.24. The lowest BCUT2D eigenvalue weighted by Gasteiger charge is -2.41. The van der Waals surface area contributed by atoms with Gasteiger partial charge in [-0.15, -0.1) is 0 Å². The van der Waals surface area contributed by atoms with Crippen LogP contribution in [0.15, 0.2) is 30.3 Å². The number of hydrogen-bond acceptors (Lipinski definition) is 5. The van der Waals surface area contributed by atoms with E-state index in [1.807, 2.05) is 0 Å². The SMILES string of the molecule is Cc1cc(C(=O)N(C)N(C(=O)c2ccc(Cl)c(O)c2Cl)C(C)(C)C)ccc1C(=O)OCC(F)(F)F. The van der Waals surface area contributed by atoms with Gasteiger partial charge in [0.15, 0.2) is 12.4 Å². The molecule has 12 heteroatoms. The number of nitrogens with zero attached hydrogens (tertiary/aromatic N) is 2. The number of aromatic hydroxyl groups is 1. The van der Waals surface area contributed by atoms with Crippen LogP contribution in [-0.2, 0) is 4.74 Å². The number of esters is 1. The Hall–Kier alpha value is -2.98. The number of halogens is 5. The van der Waals surface area contributed by atoms with Crippen molar-refractivity contribution in [2.75, 3.05) is 13.7 Å². The summed E-state index contributed by atoms with van der Waals surface area (Å²) in [6.07, 6.45) is -4.67. The third-order valence-corrected chi connectivity index (χ3v) is 5.47. The fourth-order valence-corrected chi connectivity index (χ4v) is 3.69. The molecule has 0 aliphatic heterocycles. The molecule has 0 bridgehead atoms. The number of hydrogen-bond donors (Lipinski definition) is 1. The van der Waals surface area contributed by atoms with Crippen LogP contribution < -0.4 is 0 Å². The third-order valence-electron chi connectivity index (χ3n) is 4.78. The van der Waals surface area contributed by atoms with Crippen molar-refractivity contribution in [1.82, 2.24) is 10.0 Å². The highest BCUT2D eigenvalue weighted by molar-refractivity contribution is 6.39. The monoisotopic (exact) mass is 534 g/mol. The molecule has 0 radical (unpaired) electrons. The van der Waals surface area contributed by atoms with Crippen molar-refractivity contribution < 1.29 is 37.4 Å². The number of carbonyl (C=O) groups is 3. The summed E-state index contributed by atoms with van der Waals surface area (Å²) in [6.45, 7) is 4.71. The minimum Gasteiger partial charge on any atom is -0.505 e. The molecule has 7 nitrogen and oxygen atoms in total. The van der Waals surface area contributed by atoms with E-state index in [4.69, 9.17) is 23.2 Å². The zero-order chi connectivity index (χ0) is 26.9. The maximum Gasteiger partial charge on any atom is 0.422 e. The first-order valence-electron chi connectivity index (χ1n) is 10.1. The molecule has 0 atom stereocenters. The first kappa shape index (κ1) is 28.3. The summed E-state index contributed by atoms with van der Waals surface area (Å²) in [4.78, 5) is 38.6. The Bertz CT molecular complexity index is 1160. The largest absolute Gasteiger partial charge is 0.505 e. The normalized spacial score (nSPS) is 11.7. The van der Waals surface area contributed by atoms with E-state index in [2.05, 4.69) is 4.74 Å². The van der Waals surface area contributed by atoms with Gasteiger partial charge in [-0.2, -0.15) is 13.2 Å². The van der Waals surface area contributed by atoms with Gasteiger partial charge >= 0.3 is 12.1 Å². The number of amides is 2. The van der Waals surface area contributed by atoms with Crippen LogP contribution in [0.25, 0.3) is 0 Å². The summed E-state index contributed by atoms with van der Waals surface area (Å²) in [6, 6.07) is 6.32. The second-order valence-corrected chi connectivity index (χ2v) is 9.38. The fraction of sp³-hybridized carbons (Fsp3) is 0.348. The number of benzene rings is 2. The van der Waals surface area contributed by atoms with Crippen molar-refractivity contribution in [3.05, 3.63) is 62.6 Å². The van der Waals surface area contributed by atoms with E-state index in [1.165, 1.54) is 44.3 Å². The second-order valence-electron chi connectivity index (χ2n) is 8.60. The van der Waals surface area contributed by atoms with Gasteiger partial charge in [0, 0.05) is 12.6 Å². The number of alkyl halides is 3. The van der Waals surface area contributed by atoms with Gasteiger partial charge in [0.2, 0.25) is 0 Å². The summed E-state index contributed by atoms with van der Waals surface area (Å²) in [5.41, 5.74) is -0.904. The van der Waals surface area contributed by atoms with E-state index in [0.717, 1.165) is 10.0 Å². The smallest absolute Gasteiger partial charge is 0.422 e. The summed E-state index contributed by atoms with van der Waals surface area (Å²) in [5, 5.41) is 11.9. The molecule has 35 heavy (non-hydrogen) atoms. The zero-order valence-electron chi connectivity index (χ0n) is 19.5. The van der Waals surface area contributed by atoms with Crippen LogP contribution >= 0.6 is 23.2 Å². The molecule has 0 spiro atoms. The van der Waals surface area contributed by atoms with E-state index in [-0.39, 0.29) is 32.3 Å². The highest BCUT2D eigenvalue weighted by atomic mass is 35.5. The van der Waals surface area contributed by atoms with Crippen LogP contribution in [0.5, 0.6) is 5.75 Å². The number of ether oxygens (including phenoxy) is 1. The second kappa shape index (κ2) is 10.3. The molecule has 1 N–H and O–H groups in total. The maximum absolute atomic E-state index is 13.4. The molecule has 2 amide bonds. The Morgan fingerprint density at radius 2 is 1.57 bits per heavy atom. The quantitative estimate of drug-likeness (QED) is 0.404. The topological polar surface area (TPSA) is 87.2 Å². The molecule has 0 saturated carbocycles. The van der Waals surface area contributed by atoms with E-state index in [9.17, 15) is 32.7 Å². The van der Waals surface area contributed by atoms with Gasteiger partial charge in [-0.1, -0.05) is 23.2 Å². The summed E-state index contributed by atoms with van der Waals surface area (Å²) in [7, 11) is 1.34. The first-order valence-corrected chi connectivity index (χ1v) is 10.8. The number of rotatable bonds is 4. The number of phenolic OH excluding ortho intramolecular Hbond substituents is 1. The number of hydrazine groups is 1. The van der Waals surface area contributed by atoms with Gasteiger partial charge < -0.3 is 9.84 Å². The highest BCUT2D eigenvalue weighted by Crippen LogP contribution is 2.36. The molecular weight excluding hydrogens is 512 g/mol. The standard InChI is InChI=1S/C23H23Cl2F3N2O5/c1-12-10-13(6-7-14(12)21(34)35-11-23(26,27)28)19(32)29(5)30(22(2,3)4)20(33)15-8-9-16(24)18(31)17(15)25/h6-10,31H,11H2,1-5H3. The molecule has 0 unspecified atom stereocenters. The van der Waals surface area contributed by atoms with E-state index >= 15 is 0 Å². The molecule has 2 aromatic carbocycles. The Morgan fingerprint density at radius 1 is 1.00 bits per heavy atom. The molecule has 0 fully saturated rings. The average Bonchev–Trinajstić information content (AvgIpc) is 2.73. The van der Waals surface area contributed by atoms with E-state index in [1.54, 1.807) is 20.8 Å². The van der Waals surface area contributed by atoms with E-state index in [0.29, 0.717) is 0 Å². The zero-order valence-corrected chi connectivity index (χ0v) is 21.0. The molecular formula is C23H23Cl2F3N2O5. The first-order chi connectivity index (χ1) is 16.0. The lowest BCUT2D eigenvalue weighted by atomic mass is 10.0. The van der Waals surface area contributed by atoms with Crippen LogP contribution in [0, 0.1) is 6.92 Å². The van der Waals surface area contributed by atoms with Crippen LogP contribution in [0.2, 0.25) is 10.0 Å². The van der Waals surface area contributed by atoms with E-state index < -0.39 is 41.9 Å². The Morgan fingerprint density at radius 3 is 2.09 bits per heavy atom. The lowest BCUT2D eigenvalue weighted by Crippen LogP contribution is -2.56. The Labute approximate surface area is 209 Å². The van der Waals surface area contributed by atoms with Gasteiger partial charge in [-0.25, -0.2) is 14.8 Å². The predicted molar refractivity (Wildman–Crippen MR) is 124 cm³/mol. The summed E-state index contributed by atoms with van der Waals surface area (Å²) in [5.74, 6) is -3.02. The van der Waals surface area contributed by atoms with Crippen molar-refractivity contribution in [2.24, 2.45) is 0 Å². The van der Waals surface area contributed by atoms with Crippen molar-refractivity contribution in [1.29, 1.82) is 0 Å². The molecule has 0 heterocycles. The van der Waals surface area contributed by atoms with Crippen molar-refractivity contribution in [2.45, 2.75) is 39.4 Å². The molecule has 0 aliphatic rings. The third kappa shape index (κ3) is 6.58. The van der Waals surface area contributed by atoms with Gasteiger partial charge in [-0.3, -0.25) is 9.59 Å². The molecule has 0 aromatic heterocycles. The van der Waals surface area contributed by atoms with Crippen molar-refractivity contribution in [3.8, 4) is 5.75 Å². The average molecular weight is 535 g/mol. The van der Waals surface area contributed by atoms with Crippen molar-refractivity contribution in [3.63, 3.8) is 0 Å². The van der Waals surface area contributed by atoms with Gasteiger partial charge in [0.1, 0.15) is 0 Å². The summed E-state index contributed by atoms with van der Waals surface area (Å²) >= 11 is 11.9. The van der Waals surface area contributed by atoms with Crippen molar-refractivity contribution >= 4 is 41.0 Å². The highest BCUT2D eigenvalue weighted by Gasteiger charge is 2.36. The van der Waals surface area contributed by atoms with Gasteiger partial charge in [0.25, 0.3) is 11.8 Å². The van der Waals surface area contributed by atoms with Gasteiger partial charge in [0.05, 0.1) is 26.7 Å². The lowest BCUT2D eigenvalue weighted by molar-refractivity contribution is -0.161. The molecule has 2 rings (SSSR count). The van der Waals surface area contributed by atoms with Crippen LogP contribution in [0.1, 0.15) is 57.4 Å². The Balaban J connectivity index is 2.37. The van der Waals surface area contributed by atoms with Crippen LogP contribution in [0.3, 0.4) is 0 Å². The minimum absolute atomic E-state index is 0.0531. The molecule has 2 aromatic rings. The molecule has 0 saturated heterocycles. The maximum atomic E-state index is 13.4. The summed E-state index contributed by atoms with van der Waals surface area (Å²) < 4.78 is 41.2. The van der Waals surface area contributed by atoms with Gasteiger partial charge in [-0.05, 0) is 63.6 Å².